The van der Waals surface area contributed by atoms with Gasteiger partial charge >= 0.3 is 0 Å². The van der Waals surface area contributed by atoms with Gasteiger partial charge in [-0.3, -0.25) is 4.90 Å². The van der Waals surface area contributed by atoms with Crippen LogP contribution in [0.3, 0.4) is 0 Å². The van der Waals surface area contributed by atoms with E-state index < -0.39 is 10.0 Å². The van der Waals surface area contributed by atoms with Crippen molar-refractivity contribution in [3.63, 3.8) is 0 Å². The topological polar surface area (TPSA) is 73.6 Å². The minimum absolute atomic E-state index is 0.176. The number of aryl methyl sites for hydroxylation is 1. The number of ether oxygens (including phenoxy) is 1. The molecule has 0 aliphatic carbocycles. The summed E-state index contributed by atoms with van der Waals surface area (Å²) in [5.74, 6) is 0. The quantitative estimate of drug-likeness (QED) is 0.680. The fraction of sp³-hybridized carbons (Fsp3) is 0.562. The molecule has 0 amide bonds. The van der Waals surface area contributed by atoms with Crippen molar-refractivity contribution in [1.82, 2.24) is 9.21 Å². The number of sulfonamides is 1. The van der Waals surface area contributed by atoms with E-state index in [1.54, 1.807) is 19.1 Å². The Bertz CT molecular complexity index is 697. The van der Waals surface area contributed by atoms with Gasteiger partial charge in [0, 0.05) is 43.6 Å². The number of morpholine rings is 1. The normalized spacial score (nSPS) is 16.2. The molecule has 1 saturated heterocycles. The fourth-order valence-electron chi connectivity index (χ4n) is 2.60. The lowest BCUT2D eigenvalue weighted by molar-refractivity contribution is 0.0363. The Hall–Kier alpha value is -0.980. The van der Waals surface area contributed by atoms with E-state index in [9.17, 15) is 8.42 Å². The van der Waals surface area contributed by atoms with E-state index in [0.29, 0.717) is 31.9 Å². The summed E-state index contributed by atoms with van der Waals surface area (Å²) in [6.45, 7) is 5.96. The molecule has 0 atom stereocenters. The van der Waals surface area contributed by atoms with E-state index in [1.807, 2.05) is 12.1 Å². The highest BCUT2D eigenvalue weighted by Gasteiger charge is 2.26. The lowest BCUT2D eigenvalue weighted by Gasteiger charge is -2.29. The van der Waals surface area contributed by atoms with Crippen LogP contribution >= 0.6 is 15.9 Å². The number of rotatable bonds is 7. The first-order valence-electron chi connectivity index (χ1n) is 7.88. The molecule has 0 aromatic heterocycles. The highest BCUT2D eigenvalue weighted by molar-refractivity contribution is 9.10. The van der Waals surface area contributed by atoms with E-state index in [0.717, 1.165) is 17.6 Å². The Morgan fingerprint density at radius 3 is 2.71 bits per heavy atom. The second-order valence-corrected chi connectivity index (χ2v) is 8.50. The largest absolute Gasteiger partial charge is 0.379 e. The number of hydrogen-bond acceptors (Lipinski definition) is 5. The predicted molar refractivity (Wildman–Crippen MR) is 95.1 cm³/mol. The first kappa shape index (κ1) is 19.3. The van der Waals surface area contributed by atoms with Crippen molar-refractivity contribution in [2.24, 2.45) is 0 Å². The van der Waals surface area contributed by atoms with E-state index in [2.05, 4.69) is 20.8 Å². The summed E-state index contributed by atoms with van der Waals surface area (Å²) in [7, 11) is -3.63. The van der Waals surface area contributed by atoms with Gasteiger partial charge in [-0.05, 0) is 24.6 Å². The maximum Gasteiger partial charge on any atom is 0.243 e. The first-order valence-corrected chi connectivity index (χ1v) is 10.1. The maximum absolute atomic E-state index is 13.0. The highest BCUT2D eigenvalue weighted by Crippen LogP contribution is 2.24. The average Bonchev–Trinajstić information content (AvgIpc) is 2.57. The number of hydrogen-bond donors (Lipinski definition) is 0. The van der Waals surface area contributed by atoms with Crippen LogP contribution in [0.25, 0.3) is 0 Å². The monoisotopic (exact) mass is 415 g/mol. The molecule has 1 aliphatic rings. The first-order chi connectivity index (χ1) is 11.4. The van der Waals surface area contributed by atoms with Gasteiger partial charge in [0.2, 0.25) is 10.0 Å². The molecule has 0 N–H and O–H groups in total. The van der Waals surface area contributed by atoms with Crippen LogP contribution in [0.1, 0.15) is 12.0 Å². The Kier molecular flexibility index (Phi) is 7.19. The number of nitriles is 1. The van der Waals surface area contributed by atoms with Crippen molar-refractivity contribution in [2.45, 2.75) is 18.2 Å². The number of nitrogens with zero attached hydrogens (tertiary/aromatic N) is 3. The highest BCUT2D eigenvalue weighted by atomic mass is 79.9. The molecule has 0 radical (unpaired) electrons. The van der Waals surface area contributed by atoms with Crippen LogP contribution in [0.2, 0.25) is 0 Å². The van der Waals surface area contributed by atoms with Gasteiger partial charge in [-0.25, -0.2) is 8.42 Å². The minimum atomic E-state index is -3.63. The van der Waals surface area contributed by atoms with Crippen LogP contribution in [0, 0.1) is 18.3 Å². The Labute approximate surface area is 152 Å². The third-order valence-electron chi connectivity index (χ3n) is 4.01. The molecule has 1 aromatic carbocycles. The standard InChI is InChI=1S/C16H22BrN3O3S/c1-14-3-4-15(17)13-16(14)24(21,22)20(6-2-5-18)8-7-19-9-11-23-12-10-19/h3-4,13H,2,6-12H2,1H3. The second kappa shape index (κ2) is 8.92. The van der Waals surface area contributed by atoms with Crippen molar-refractivity contribution < 1.29 is 13.2 Å². The van der Waals surface area contributed by atoms with E-state index in [-0.39, 0.29) is 17.9 Å². The third-order valence-corrected chi connectivity index (χ3v) is 6.54. The van der Waals surface area contributed by atoms with Gasteiger partial charge in [0.05, 0.1) is 24.2 Å². The van der Waals surface area contributed by atoms with Gasteiger partial charge in [-0.2, -0.15) is 9.57 Å². The lowest BCUT2D eigenvalue weighted by Crippen LogP contribution is -2.43. The van der Waals surface area contributed by atoms with Gasteiger partial charge in [0.1, 0.15) is 0 Å². The van der Waals surface area contributed by atoms with Crippen molar-refractivity contribution in [3.8, 4) is 6.07 Å². The molecule has 0 spiro atoms. The van der Waals surface area contributed by atoms with Crippen LogP contribution in [0.15, 0.2) is 27.6 Å². The predicted octanol–water partition coefficient (Wildman–Crippen LogP) is 1.99. The van der Waals surface area contributed by atoms with Crippen molar-refractivity contribution >= 4 is 26.0 Å². The smallest absolute Gasteiger partial charge is 0.243 e. The summed E-state index contributed by atoms with van der Waals surface area (Å²) in [5, 5.41) is 8.86. The van der Waals surface area contributed by atoms with Crippen LogP contribution in [-0.2, 0) is 14.8 Å². The van der Waals surface area contributed by atoms with Crippen LogP contribution in [-0.4, -0.2) is 63.6 Å². The molecular formula is C16H22BrN3O3S. The van der Waals surface area contributed by atoms with Crippen molar-refractivity contribution in [1.29, 1.82) is 5.26 Å². The molecule has 1 heterocycles. The molecule has 8 heteroatoms. The number of benzene rings is 1. The zero-order chi connectivity index (χ0) is 17.6. The summed E-state index contributed by atoms with van der Waals surface area (Å²) in [6.07, 6.45) is 0.176. The molecule has 1 aromatic rings. The summed E-state index contributed by atoms with van der Waals surface area (Å²) in [5.41, 5.74) is 0.700. The third kappa shape index (κ3) is 5.01. The lowest BCUT2D eigenvalue weighted by atomic mass is 10.2. The van der Waals surface area contributed by atoms with Crippen LogP contribution < -0.4 is 0 Å². The molecule has 24 heavy (non-hydrogen) atoms. The minimum Gasteiger partial charge on any atom is -0.379 e. The summed E-state index contributed by atoms with van der Waals surface area (Å²) in [4.78, 5) is 2.48. The van der Waals surface area contributed by atoms with Gasteiger partial charge in [0.15, 0.2) is 0 Å². The zero-order valence-corrected chi connectivity index (χ0v) is 16.1. The zero-order valence-electron chi connectivity index (χ0n) is 13.7. The second-order valence-electron chi connectivity index (χ2n) is 5.68. The Morgan fingerprint density at radius 2 is 2.04 bits per heavy atom. The average molecular weight is 416 g/mol. The molecule has 1 fully saturated rings. The fourth-order valence-corrected chi connectivity index (χ4v) is 4.79. The molecule has 1 aliphatic heterocycles. The summed E-state index contributed by atoms with van der Waals surface area (Å²) < 4.78 is 33.5. The molecule has 132 valence electrons. The van der Waals surface area contributed by atoms with Gasteiger partial charge in [-0.15, -0.1) is 0 Å². The van der Waals surface area contributed by atoms with E-state index >= 15 is 0 Å². The molecule has 0 bridgehead atoms. The maximum atomic E-state index is 13.0. The van der Waals surface area contributed by atoms with Crippen LogP contribution in [0.4, 0.5) is 0 Å². The summed E-state index contributed by atoms with van der Waals surface area (Å²) >= 11 is 3.33. The van der Waals surface area contributed by atoms with E-state index in [4.69, 9.17) is 10.00 Å². The SMILES string of the molecule is Cc1ccc(Br)cc1S(=O)(=O)N(CCC#N)CCN1CCOCC1. The number of halogens is 1. The van der Waals surface area contributed by atoms with E-state index in [1.165, 1.54) is 4.31 Å². The van der Waals surface area contributed by atoms with Crippen LogP contribution in [0.5, 0.6) is 0 Å². The van der Waals surface area contributed by atoms with Gasteiger partial charge in [0.25, 0.3) is 0 Å². The molecular weight excluding hydrogens is 394 g/mol. The Morgan fingerprint density at radius 1 is 1.33 bits per heavy atom. The molecule has 0 saturated carbocycles. The van der Waals surface area contributed by atoms with Crippen molar-refractivity contribution in [3.05, 3.63) is 28.2 Å². The molecule has 6 nitrogen and oxygen atoms in total. The van der Waals surface area contributed by atoms with Gasteiger partial charge in [-0.1, -0.05) is 22.0 Å². The summed E-state index contributed by atoms with van der Waals surface area (Å²) in [6, 6.07) is 7.26. The molecule has 2 rings (SSSR count). The van der Waals surface area contributed by atoms with Crippen molar-refractivity contribution in [2.75, 3.05) is 45.9 Å². The van der Waals surface area contributed by atoms with Gasteiger partial charge < -0.3 is 4.74 Å². The molecule has 0 unspecified atom stereocenters. The Balaban J connectivity index is 2.18.